The Bertz CT molecular complexity index is 871. The Kier molecular flexibility index (Phi) is 9.81. The van der Waals surface area contributed by atoms with Crippen LogP contribution in [0.15, 0.2) is 48.5 Å². The lowest BCUT2D eigenvalue weighted by molar-refractivity contribution is -0.149. The van der Waals surface area contributed by atoms with E-state index in [9.17, 15) is 9.59 Å². The van der Waals surface area contributed by atoms with E-state index in [4.69, 9.17) is 14.2 Å². The molecule has 2 aromatic carbocycles. The third-order valence-electron chi connectivity index (χ3n) is 4.88. The SMILES string of the molecule is COC(=O)C(Br)c1cccc(OC)c1.COC(=O)C(c1cccc(OC)c1)N1CCC1. The average molecular weight is 494 g/mol. The number of benzene rings is 2. The Morgan fingerprint density at radius 1 is 0.839 bits per heavy atom. The number of alkyl halides is 1. The predicted octanol–water partition coefficient (Wildman–Crippen LogP) is 3.92. The largest absolute Gasteiger partial charge is 0.497 e. The van der Waals surface area contributed by atoms with Crippen LogP contribution in [-0.2, 0) is 19.1 Å². The standard InChI is InChI=1S/C13H17NO3.C10H11BrO3/c1-16-11-6-3-5-10(9-11)12(13(15)17-2)14-7-4-8-14;1-13-8-5-3-4-7(6-8)9(11)10(12)14-2/h3,5-6,9,12H,4,7-8H2,1-2H3;3-6,9H,1-2H3. The fourth-order valence-electron chi connectivity index (χ4n) is 3.06. The van der Waals surface area contributed by atoms with Crippen LogP contribution >= 0.6 is 15.9 Å². The molecular weight excluding hydrogens is 466 g/mol. The fraction of sp³-hybridized carbons (Fsp3) is 0.391. The van der Waals surface area contributed by atoms with E-state index in [1.807, 2.05) is 42.5 Å². The lowest BCUT2D eigenvalue weighted by atomic mass is 10.0. The van der Waals surface area contributed by atoms with Crippen molar-refractivity contribution in [3.63, 3.8) is 0 Å². The minimum absolute atomic E-state index is 0.210. The molecule has 0 spiro atoms. The van der Waals surface area contributed by atoms with Crippen LogP contribution < -0.4 is 9.47 Å². The van der Waals surface area contributed by atoms with Crippen molar-refractivity contribution >= 4 is 27.9 Å². The molecule has 2 aromatic rings. The number of esters is 2. The first kappa shape index (κ1) is 24.7. The van der Waals surface area contributed by atoms with Crippen LogP contribution in [0.25, 0.3) is 0 Å². The molecule has 0 aromatic heterocycles. The van der Waals surface area contributed by atoms with Crippen LogP contribution in [0.4, 0.5) is 0 Å². The molecule has 0 radical (unpaired) electrons. The molecule has 8 heteroatoms. The van der Waals surface area contributed by atoms with Crippen LogP contribution in [-0.4, -0.2) is 58.4 Å². The Balaban J connectivity index is 0.000000225. The third kappa shape index (κ3) is 6.70. The molecule has 3 rings (SSSR count). The van der Waals surface area contributed by atoms with E-state index in [1.54, 1.807) is 20.3 Å². The molecule has 0 saturated carbocycles. The van der Waals surface area contributed by atoms with Crippen molar-refractivity contribution in [1.82, 2.24) is 4.90 Å². The summed E-state index contributed by atoms with van der Waals surface area (Å²) in [6.45, 7) is 1.88. The topological polar surface area (TPSA) is 74.3 Å². The predicted molar refractivity (Wildman–Crippen MR) is 121 cm³/mol. The summed E-state index contributed by atoms with van der Waals surface area (Å²) in [4.78, 5) is 24.7. The lowest BCUT2D eigenvalue weighted by Crippen LogP contribution is -2.43. The lowest BCUT2D eigenvalue weighted by Gasteiger charge is -2.36. The van der Waals surface area contributed by atoms with E-state index in [0.717, 1.165) is 42.1 Å². The maximum atomic E-state index is 11.8. The van der Waals surface area contributed by atoms with Crippen molar-refractivity contribution in [2.24, 2.45) is 0 Å². The smallest absolute Gasteiger partial charge is 0.327 e. The highest BCUT2D eigenvalue weighted by atomic mass is 79.9. The van der Waals surface area contributed by atoms with Crippen LogP contribution in [0, 0.1) is 0 Å². The second-order valence-electron chi connectivity index (χ2n) is 6.75. The molecule has 0 bridgehead atoms. The summed E-state index contributed by atoms with van der Waals surface area (Å²) in [5, 5.41) is 0. The summed E-state index contributed by atoms with van der Waals surface area (Å²) < 4.78 is 19.7. The van der Waals surface area contributed by atoms with Crippen LogP contribution in [0.2, 0.25) is 0 Å². The molecule has 1 fully saturated rings. The first-order chi connectivity index (χ1) is 14.9. The monoisotopic (exact) mass is 493 g/mol. The minimum atomic E-state index is -0.442. The Morgan fingerprint density at radius 3 is 1.81 bits per heavy atom. The van der Waals surface area contributed by atoms with Gasteiger partial charge in [-0.1, -0.05) is 40.2 Å². The zero-order valence-electron chi connectivity index (χ0n) is 18.2. The van der Waals surface area contributed by atoms with Crippen LogP contribution in [0.1, 0.15) is 28.4 Å². The van der Waals surface area contributed by atoms with Crippen molar-refractivity contribution < 1.29 is 28.5 Å². The normalized spacial score (nSPS) is 14.7. The molecule has 7 nitrogen and oxygen atoms in total. The molecule has 1 heterocycles. The maximum Gasteiger partial charge on any atom is 0.327 e. The second kappa shape index (κ2) is 12.3. The second-order valence-corrected chi connectivity index (χ2v) is 7.67. The van der Waals surface area contributed by atoms with Gasteiger partial charge in [-0.05, 0) is 41.8 Å². The number of nitrogens with zero attached hydrogens (tertiary/aromatic N) is 1. The van der Waals surface area contributed by atoms with Gasteiger partial charge in [-0.15, -0.1) is 0 Å². The molecule has 0 aliphatic carbocycles. The Labute approximate surface area is 191 Å². The van der Waals surface area contributed by atoms with Crippen molar-refractivity contribution in [3.05, 3.63) is 59.7 Å². The Morgan fingerprint density at radius 2 is 1.35 bits per heavy atom. The summed E-state index contributed by atoms with van der Waals surface area (Å²) in [5.41, 5.74) is 1.74. The summed E-state index contributed by atoms with van der Waals surface area (Å²) in [6, 6.07) is 14.5. The number of ether oxygens (including phenoxy) is 4. The van der Waals surface area contributed by atoms with E-state index in [-0.39, 0.29) is 18.0 Å². The highest BCUT2D eigenvalue weighted by Gasteiger charge is 2.32. The molecule has 168 valence electrons. The van der Waals surface area contributed by atoms with Gasteiger partial charge in [0.25, 0.3) is 0 Å². The highest BCUT2D eigenvalue weighted by Crippen LogP contribution is 2.29. The summed E-state index contributed by atoms with van der Waals surface area (Å²) >= 11 is 3.24. The zero-order valence-corrected chi connectivity index (χ0v) is 19.8. The number of carbonyl (C=O) groups is 2. The van der Waals surface area contributed by atoms with Crippen molar-refractivity contribution in [1.29, 1.82) is 0 Å². The van der Waals surface area contributed by atoms with Gasteiger partial charge in [0, 0.05) is 13.1 Å². The molecule has 1 saturated heterocycles. The van der Waals surface area contributed by atoms with E-state index in [1.165, 1.54) is 14.2 Å². The number of methoxy groups -OCH3 is 4. The highest BCUT2D eigenvalue weighted by molar-refractivity contribution is 9.09. The molecule has 0 amide bonds. The summed E-state index contributed by atoms with van der Waals surface area (Å²) in [6.07, 6.45) is 1.14. The Hall–Kier alpha value is -2.58. The van der Waals surface area contributed by atoms with Gasteiger partial charge in [-0.2, -0.15) is 0 Å². The van der Waals surface area contributed by atoms with Crippen LogP contribution in [0.5, 0.6) is 11.5 Å². The van der Waals surface area contributed by atoms with Crippen molar-refractivity contribution in [3.8, 4) is 11.5 Å². The van der Waals surface area contributed by atoms with E-state index >= 15 is 0 Å². The van der Waals surface area contributed by atoms with Gasteiger partial charge < -0.3 is 18.9 Å². The number of carbonyl (C=O) groups excluding carboxylic acids is 2. The van der Waals surface area contributed by atoms with E-state index in [2.05, 4.69) is 25.6 Å². The average Bonchev–Trinajstić information content (AvgIpc) is 2.80. The van der Waals surface area contributed by atoms with Gasteiger partial charge in [-0.25, -0.2) is 4.79 Å². The van der Waals surface area contributed by atoms with Gasteiger partial charge in [0.1, 0.15) is 22.4 Å². The molecule has 2 unspecified atom stereocenters. The van der Waals surface area contributed by atoms with Crippen molar-refractivity contribution in [2.45, 2.75) is 17.3 Å². The first-order valence-electron chi connectivity index (χ1n) is 9.76. The summed E-state index contributed by atoms with van der Waals surface area (Å²) in [7, 11) is 5.99. The summed E-state index contributed by atoms with van der Waals surface area (Å²) in [5.74, 6) is 0.948. The molecular formula is C23H28BrNO6. The van der Waals surface area contributed by atoms with Crippen molar-refractivity contribution in [2.75, 3.05) is 41.5 Å². The number of hydrogen-bond donors (Lipinski definition) is 0. The minimum Gasteiger partial charge on any atom is -0.497 e. The molecule has 31 heavy (non-hydrogen) atoms. The molecule has 2 atom stereocenters. The zero-order chi connectivity index (χ0) is 22.8. The first-order valence-corrected chi connectivity index (χ1v) is 10.7. The van der Waals surface area contributed by atoms with Gasteiger partial charge >= 0.3 is 11.9 Å². The van der Waals surface area contributed by atoms with E-state index < -0.39 is 4.83 Å². The third-order valence-corrected chi connectivity index (χ3v) is 5.79. The quantitative estimate of drug-likeness (QED) is 0.427. The van der Waals surface area contributed by atoms with Crippen LogP contribution in [0.3, 0.4) is 0 Å². The van der Waals surface area contributed by atoms with Gasteiger partial charge in [-0.3, -0.25) is 9.69 Å². The van der Waals surface area contributed by atoms with Gasteiger partial charge in [0.2, 0.25) is 0 Å². The molecule has 0 N–H and O–H groups in total. The number of halogens is 1. The van der Waals surface area contributed by atoms with E-state index in [0.29, 0.717) is 0 Å². The number of hydrogen-bond acceptors (Lipinski definition) is 7. The fourth-order valence-corrected chi connectivity index (χ4v) is 3.53. The molecule has 1 aliphatic heterocycles. The van der Waals surface area contributed by atoms with Gasteiger partial charge in [0.15, 0.2) is 0 Å². The number of rotatable bonds is 7. The van der Waals surface area contributed by atoms with Gasteiger partial charge in [0.05, 0.1) is 28.4 Å². The maximum absolute atomic E-state index is 11.8. The number of likely N-dealkylation sites (tertiary alicyclic amines) is 1. The molecule has 1 aliphatic rings.